The largest absolute Gasteiger partial charge is 0.480 e. The van der Waals surface area contributed by atoms with Crippen LogP contribution in [0.3, 0.4) is 0 Å². The number of nitrogens with zero attached hydrogens (tertiary/aromatic N) is 1. The molecule has 0 spiro atoms. The van der Waals surface area contributed by atoms with Gasteiger partial charge in [-0.1, -0.05) is 6.08 Å². The fourth-order valence-electron chi connectivity index (χ4n) is 1.62. The van der Waals surface area contributed by atoms with Crippen molar-refractivity contribution < 1.29 is 14.7 Å². The lowest BCUT2D eigenvalue weighted by molar-refractivity contribution is -0.139. The summed E-state index contributed by atoms with van der Waals surface area (Å²) in [6.07, 6.45) is 2.52. The van der Waals surface area contributed by atoms with E-state index in [1.54, 1.807) is 23.8 Å². The van der Waals surface area contributed by atoms with E-state index < -0.39 is 12.0 Å². The second-order valence-corrected chi connectivity index (χ2v) is 4.15. The number of rotatable bonds is 6. The van der Waals surface area contributed by atoms with Crippen LogP contribution in [0.1, 0.15) is 29.0 Å². The molecule has 2 N–H and O–H groups in total. The quantitative estimate of drug-likeness (QED) is 0.751. The van der Waals surface area contributed by atoms with Gasteiger partial charge >= 0.3 is 5.97 Å². The van der Waals surface area contributed by atoms with E-state index in [0.29, 0.717) is 18.5 Å². The zero-order valence-corrected chi connectivity index (χ0v) is 10.6. The van der Waals surface area contributed by atoms with Crippen LogP contribution in [0.25, 0.3) is 0 Å². The van der Waals surface area contributed by atoms with Crippen LogP contribution < -0.4 is 5.32 Å². The average molecular weight is 250 g/mol. The average Bonchev–Trinajstić information content (AvgIpc) is 2.65. The third-order valence-electron chi connectivity index (χ3n) is 2.87. The number of carboxylic acids is 1. The summed E-state index contributed by atoms with van der Waals surface area (Å²) < 4.78 is 1.72. The first kappa shape index (κ1) is 14.0. The molecule has 0 fully saturated rings. The number of hydrogen-bond donors (Lipinski definition) is 2. The lowest BCUT2D eigenvalue weighted by atomic mass is 10.1. The summed E-state index contributed by atoms with van der Waals surface area (Å²) in [5.41, 5.74) is 1.40. The normalized spacial score (nSPS) is 11.9. The topological polar surface area (TPSA) is 71.3 Å². The van der Waals surface area contributed by atoms with E-state index >= 15 is 0 Å². The summed E-state index contributed by atoms with van der Waals surface area (Å²) in [7, 11) is 1.77. The number of aryl methyl sites for hydroxylation is 1. The molecule has 1 unspecified atom stereocenters. The van der Waals surface area contributed by atoms with Gasteiger partial charge in [-0.15, -0.1) is 6.58 Å². The number of hydrogen-bond acceptors (Lipinski definition) is 2. The van der Waals surface area contributed by atoms with Crippen molar-refractivity contribution in [2.75, 3.05) is 0 Å². The number of carbonyl (C=O) groups is 2. The molecule has 98 valence electrons. The lowest BCUT2D eigenvalue weighted by Gasteiger charge is -2.14. The van der Waals surface area contributed by atoms with E-state index in [1.807, 2.05) is 13.0 Å². The Morgan fingerprint density at radius 2 is 2.22 bits per heavy atom. The Labute approximate surface area is 106 Å². The Morgan fingerprint density at radius 3 is 2.67 bits per heavy atom. The van der Waals surface area contributed by atoms with E-state index in [9.17, 15) is 9.59 Å². The lowest BCUT2D eigenvalue weighted by Crippen LogP contribution is -2.41. The summed E-state index contributed by atoms with van der Waals surface area (Å²) in [4.78, 5) is 22.9. The Kier molecular flexibility index (Phi) is 4.71. The fraction of sp³-hybridized carbons (Fsp3) is 0.385. The summed E-state index contributed by atoms with van der Waals surface area (Å²) >= 11 is 0. The van der Waals surface area contributed by atoms with Crippen LogP contribution in [0.5, 0.6) is 0 Å². The zero-order chi connectivity index (χ0) is 13.7. The highest BCUT2D eigenvalue weighted by atomic mass is 16.4. The van der Waals surface area contributed by atoms with Gasteiger partial charge in [0.2, 0.25) is 0 Å². The van der Waals surface area contributed by atoms with Gasteiger partial charge in [-0.3, -0.25) is 4.79 Å². The van der Waals surface area contributed by atoms with Gasteiger partial charge in [-0.25, -0.2) is 4.79 Å². The second kappa shape index (κ2) is 6.05. The first-order chi connectivity index (χ1) is 8.47. The Hall–Kier alpha value is -2.04. The van der Waals surface area contributed by atoms with Crippen LogP contribution in [-0.4, -0.2) is 27.6 Å². The smallest absolute Gasteiger partial charge is 0.326 e. The Morgan fingerprint density at radius 1 is 1.56 bits per heavy atom. The second-order valence-electron chi connectivity index (χ2n) is 4.15. The summed E-state index contributed by atoms with van der Waals surface area (Å²) in [6, 6.07) is 2.61. The maximum Gasteiger partial charge on any atom is 0.326 e. The molecule has 0 bridgehead atoms. The highest BCUT2D eigenvalue weighted by molar-refractivity contribution is 5.95. The molecule has 1 aromatic rings. The van der Waals surface area contributed by atoms with E-state index in [2.05, 4.69) is 11.9 Å². The van der Waals surface area contributed by atoms with E-state index in [0.717, 1.165) is 5.69 Å². The summed E-state index contributed by atoms with van der Waals surface area (Å²) in [5.74, 6) is -1.40. The minimum absolute atomic E-state index is 0.341. The molecule has 0 saturated carbocycles. The van der Waals surface area contributed by atoms with Crippen molar-refractivity contribution in [3.63, 3.8) is 0 Å². The minimum atomic E-state index is -1.03. The van der Waals surface area contributed by atoms with Gasteiger partial charge in [0, 0.05) is 12.7 Å². The number of allylic oxidation sites excluding steroid dienone is 1. The van der Waals surface area contributed by atoms with Gasteiger partial charge in [0.05, 0.1) is 0 Å². The predicted molar refractivity (Wildman–Crippen MR) is 68.5 cm³/mol. The van der Waals surface area contributed by atoms with Crippen molar-refractivity contribution >= 4 is 11.9 Å². The molecule has 0 aliphatic carbocycles. The van der Waals surface area contributed by atoms with Gasteiger partial charge in [0.15, 0.2) is 0 Å². The summed E-state index contributed by atoms with van der Waals surface area (Å²) in [5, 5.41) is 11.5. The maximum absolute atomic E-state index is 11.9. The van der Waals surface area contributed by atoms with Crippen LogP contribution in [0.15, 0.2) is 24.8 Å². The van der Waals surface area contributed by atoms with Gasteiger partial charge < -0.3 is 15.0 Å². The van der Waals surface area contributed by atoms with Crippen LogP contribution in [0.2, 0.25) is 0 Å². The van der Waals surface area contributed by atoms with Crippen molar-refractivity contribution in [1.29, 1.82) is 0 Å². The van der Waals surface area contributed by atoms with Crippen molar-refractivity contribution in [2.45, 2.75) is 25.8 Å². The molecule has 18 heavy (non-hydrogen) atoms. The van der Waals surface area contributed by atoms with Gasteiger partial charge in [0.25, 0.3) is 5.91 Å². The van der Waals surface area contributed by atoms with Gasteiger partial charge in [-0.05, 0) is 31.9 Å². The SMILES string of the molecule is C=CCCC(NC(=O)c1ccc(C)n1C)C(=O)O. The highest BCUT2D eigenvalue weighted by Crippen LogP contribution is 2.07. The molecule has 5 heteroatoms. The van der Waals surface area contributed by atoms with Crippen molar-refractivity contribution in [1.82, 2.24) is 9.88 Å². The van der Waals surface area contributed by atoms with Crippen molar-refractivity contribution in [3.05, 3.63) is 36.2 Å². The molecule has 0 radical (unpaired) electrons. The standard InChI is InChI=1S/C13H18N2O3/c1-4-5-6-10(13(17)18)14-12(16)11-8-7-9(2)15(11)3/h4,7-8,10H,1,5-6H2,2-3H3,(H,14,16)(H,17,18). The van der Waals surface area contributed by atoms with Crippen molar-refractivity contribution in [2.24, 2.45) is 7.05 Å². The third-order valence-corrected chi connectivity index (χ3v) is 2.87. The Bertz CT molecular complexity index is 463. The third kappa shape index (κ3) is 3.23. The number of nitrogens with one attached hydrogen (secondary N) is 1. The van der Waals surface area contributed by atoms with E-state index in [4.69, 9.17) is 5.11 Å². The number of amides is 1. The number of carbonyl (C=O) groups excluding carboxylic acids is 1. The summed E-state index contributed by atoms with van der Waals surface area (Å²) in [6.45, 7) is 5.42. The molecule has 1 rings (SSSR count). The molecule has 0 aromatic carbocycles. The van der Waals surface area contributed by atoms with Gasteiger partial charge in [-0.2, -0.15) is 0 Å². The number of aliphatic carboxylic acids is 1. The fourth-order valence-corrected chi connectivity index (χ4v) is 1.62. The van der Waals surface area contributed by atoms with Crippen LogP contribution in [0.4, 0.5) is 0 Å². The first-order valence-electron chi connectivity index (χ1n) is 5.74. The van der Waals surface area contributed by atoms with Crippen molar-refractivity contribution in [3.8, 4) is 0 Å². The number of carboxylic acid groups (broad SMARTS) is 1. The number of aromatic nitrogens is 1. The predicted octanol–water partition coefficient (Wildman–Crippen LogP) is 1.48. The molecule has 1 heterocycles. The van der Waals surface area contributed by atoms with Crippen LogP contribution in [-0.2, 0) is 11.8 Å². The molecular formula is C13H18N2O3. The molecule has 1 atom stereocenters. The molecular weight excluding hydrogens is 232 g/mol. The van der Waals surface area contributed by atoms with Gasteiger partial charge in [0.1, 0.15) is 11.7 Å². The molecule has 1 amide bonds. The monoisotopic (exact) mass is 250 g/mol. The van der Waals surface area contributed by atoms with Crippen LogP contribution >= 0.6 is 0 Å². The molecule has 0 saturated heterocycles. The molecule has 5 nitrogen and oxygen atoms in total. The molecule has 1 aromatic heterocycles. The van der Waals surface area contributed by atoms with E-state index in [-0.39, 0.29) is 5.91 Å². The molecule has 0 aliphatic heterocycles. The Balaban J connectivity index is 2.75. The van der Waals surface area contributed by atoms with E-state index in [1.165, 1.54) is 0 Å². The molecule has 0 aliphatic rings. The zero-order valence-electron chi connectivity index (χ0n) is 10.6. The first-order valence-corrected chi connectivity index (χ1v) is 5.74. The maximum atomic E-state index is 11.9. The van der Waals surface area contributed by atoms with Crippen LogP contribution in [0, 0.1) is 6.92 Å². The highest BCUT2D eigenvalue weighted by Gasteiger charge is 2.21. The minimum Gasteiger partial charge on any atom is -0.480 e.